The van der Waals surface area contributed by atoms with Crippen LogP contribution in [0.4, 0.5) is 20.3 Å². The monoisotopic (exact) mass is 335 g/mol. The van der Waals surface area contributed by atoms with Crippen molar-refractivity contribution in [2.45, 2.75) is 6.42 Å². The summed E-state index contributed by atoms with van der Waals surface area (Å²) >= 11 is 0. The molecule has 0 fully saturated rings. The van der Waals surface area contributed by atoms with Crippen molar-refractivity contribution in [2.75, 3.05) is 32.5 Å². The summed E-state index contributed by atoms with van der Waals surface area (Å²) in [5, 5.41) is 5.57. The van der Waals surface area contributed by atoms with E-state index in [0.717, 1.165) is 25.1 Å². The van der Waals surface area contributed by atoms with Gasteiger partial charge in [-0.25, -0.2) is 18.7 Å². The molecule has 0 aliphatic carbocycles. The number of nitrogens with one attached hydrogen (secondary N) is 2. The van der Waals surface area contributed by atoms with E-state index in [1.807, 2.05) is 19.0 Å². The Labute approximate surface area is 138 Å². The lowest BCUT2D eigenvalue weighted by atomic mass is 10.3. The topological polar surface area (TPSA) is 70.2 Å². The SMILES string of the molecule is CN(C)CCCNC(=O)c1cc(Nc2ccc(F)c(F)c2)ncn1. The van der Waals surface area contributed by atoms with Crippen LogP contribution < -0.4 is 10.6 Å². The minimum absolute atomic E-state index is 0.194. The summed E-state index contributed by atoms with van der Waals surface area (Å²) in [6, 6.07) is 4.85. The van der Waals surface area contributed by atoms with E-state index in [9.17, 15) is 13.6 Å². The standard InChI is InChI=1S/C16H19F2N5O/c1-23(2)7-3-6-19-16(24)14-9-15(21-10-20-14)22-11-4-5-12(17)13(18)8-11/h4-5,8-10H,3,6-7H2,1-2H3,(H,19,24)(H,20,21,22). The quantitative estimate of drug-likeness (QED) is 0.759. The summed E-state index contributed by atoms with van der Waals surface area (Å²) in [6.45, 7) is 1.40. The Morgan fingerprint density at radius 3 is 2.67 bits per heavy atom. The van der Waals surface area contributed by atoms with Crippen molar-refractivity contribution in [1.29, 1.82) is 0 Å². The Hall–Kier alpha value is -2.61. The number of benzene rings is 1. The first-order chi connectivity index (χ1) is 11.5. The van der Waals surface area contributed by atoms with Gasteiger partial charge in [0.05, 0.1) is 0 Å². The fourth-order valence-corrected chi connectivity index (χ4v) is 1.96. The number of carbonyl (C=O) groups is 1. The van der Waals surface area contributed by atoms with Crippen LogP contribution in [0.15, 0.2) is 30.6 Å². The summed E-state index contributed by atoms with van der Waals surface area (Å²) in [6.07, 6.45) is 2.06. The maximum atomic E-state index is 13.2. The summed E-state index contributed by atoms with van der Waals surface area (Å²) in [4.78, 5) is 22.0. The predicted octanol–water partition coefficient (Wildman–Crippen LogP) is 2.18. The van der Waals surface area contributed by atoms with Crippen molar-refractivity contribution in [3.8, 4) is 0 Å². The van der Waals surface area contributed by atoms with Gasteiger partial charge in [0, 0.05) is 24.4 Å². The zero-order chi connectivity index (χ0) is 17.5. The van der Waals surface area contributed by atoms with E-state index < -0.39 is 11.6 Å². The van der Waals surface area contributed by atoms with E-state index in [1.54, 1.807) is 0 Å². The third kappa shape index (κ3) is 5.24. The number of hydrogen-bond donors (Lipinski definition) is 2. The predicted molar refractivity (Wildman–Crippen MR) is 87.2 cm³/mol. The third-order valence-corrected chi connectivity index (χ3v) is 3.16. The zero-order valence-corrected chi connectivity index (χ0v) is 13.5. The molecule has 0 spiro atoms. The van der Waals surface area contributed by atoms with Crippen molar-refractivity contribution < 1.29 is 13.6 Å². The highest BCUT2D eigenvalue weighted by Crippen LogP contribution is 2.17. The Kier molecular flexibility index (Phi) is 6.14. The van der Waals surface area contributed by atoms with Crippen LogP contribution in [0.2, 0.25) is 0 Å². The van der Waals surface area contributed by atoms with Gasteiger partial charge in [-0.05, 0) is 39.2 Å². The first-order valence-corrected chi connectivity index (χ1v) is 7.43. The second-order valence-corrected chi connectivity index (χ2v) is 5.46. The smallest absolute Gasteiger partial charge is 0.270 e. The Balaban J connectivity index is 1.97. The van der Waals surface area contributed by atoms with Gasteiger partial charge in [-0.15, -0.1) is 0 Å². The fourth-order valence-electron chi connectivity index (χ4n) is 1.96. The average molecular weight is 335 g/mol. The van der Waals surface area contributed by atoms with Gasteiger partial charge in [-0.1, -0.05) is 0 Å². The van der Waals surface area contributed by atoms with Gasteiger partial charge in [-0.2, -0.15) is 0 Å². The van der Waals surface area contributed by atoms with Crippen molar-refractivity contribution in [3.63, 3.8) is 0 Å². The largest absolute Gasteiger partial charge is 0.351 e. The van der Waals surface area contributed by atoms with Crippen molar-refractivity contribution in [1.82, 2.24) is 20.2 Å². The van der Waals surface area contributed by atoms with E-state index >= 15 is 0 Å². The van der Waals surface area contributed by atoms with Crippen LogP contribution in [0, 0.1) is 11.6 Å². The second kappa shape index (κ2) is 8.30. The van der Waals surface area contributed by atoms with Crippen molar-refractivity contribution in [2.24, 2.45) is 0 Å². The van der Waals surface area contributed by atoms with Crippen LogP contribution in [0.3, 0.4) is 0 Å². The van der Waals surface area contributed by atoms with Crippen LogP contribution in [0.5, 0.6) is 0 Å². The maximum absolute atomic E-state index is 13.2. The van der Waals surface area contributed by atoms with Crippen LogP contribution in [-0.4, -0.2) is 48.0 Å². The molecule has 0 saturated heterocycles. The van der Waals surface area contributed by atoms with E-state index in [1.165, 1.54) is 18.5 Å². The summed E-state index contributed by atoms with van der Waals surface area (Å²) in [5.41, 5.74) is 0.518. The van der Waals surface area contributed by atoms with Crippen LogP contribution in [-0.2, 0) is 0 Å². The maximum Gasteiger partial charge on any atom is 0.270 e. The summed E-state index contributed by atoms with van der Waals surface area (Å²) in [7, 11) is 3.92. The normalized spacial score (nSPS) is 10.7. The lowest BCUT2D eigenvalue weighted by molar-refractivity contribution is 0.0947. The van der Waals surface area contributed by atoms with Crippen LogP contribution >= 0.6 is 0 Å². The highest BCUT2D eigenvalue weighted by atomic mass is 19.2. The molecule has 6 nitrogen and oxygen atoms in total. The van der Waals surface area contributed by atoms with Crippen molar-refractivity contribution >= 4 is 17.4 Å². The molecule has 0 aliphatic rings. The zero-order valence-electron chi connectivity index (χ0n) is 13.5. The minimum Gasteiger partial charge on any atom is -0.351 e. The number of nitrogens with zero attached hydrogens (tertiary/aromatic N) is 3. The molecule has 1 aromatic heterocycles. The minimum atomic E-state index is -0.965. The molecule has 8 heteroatoms. The molecule has 24 heavy (non-hydrogen) atoms. The first-order valence-electron chi connectivity index (χ1n) is 7.43. The lowest BCUT2D eigenvalue weighted by Crippen LogP contribution is -2.27. The van der Waals surface area contributed by atoms with Gasteiger partial charge in [0.2, 0.25) is 0 Å². The molecule has 2 aromatic rings. The van der Waals surface area contributed by atoms with Gasteiger partial charge in [-0.3, -0.25) is 4.79 Å². The molecule has 0 radical (unpaired) electrons. The van der Waals surface area contributed by atoms with Crippen LogP contribution in [0.1, 0.15) is 16.9 Å². The molecular weight excluding hydrogens is 316 g/mol. The molecule has 2 rings (SSSR count). The van der Waals surface area contributed by atoms with Gasteiger partial charge in [0.15, 0.2) is 11.6 Å². The Morgan fingerprint density at radius 1 is 1.17 bits per heavy atom. The molecule has 1 amide bonds. The average Bonchev–Trinajstić information content (AvgIpc) is 2.55. The molecule has 0 aliphatic heterocycles. The number of halogens is 2. The van der Waals surface area contributed by atoms with Gasteiger partial charge in [0.1, 0.15) is 17.8 Å². The summed E-state index contributed by atoms with van der Waals surface area (Å²) in [5.74, 6) is -1.90. The van der Waals surface area contributed by atoms with Gasteiger partial charge < -0.3 is 15.5 Å². The van der Waals surface area contributed by atoms with Crippen LogP contribution in [0.25, 0.3) is 0 Å². The number of aromatic nitrogens is 2. The molecule has 0 atom stereocenters. The van der Waals surface area contributed by atoms with Gasteiger partial charge in [0.25, 0.3) is 5.91 Å². The molecule has 1 heterocycles. The molecular formula is C16H19F2N5O. The molecule has 2 N–H and O–H groups in total. The number of rotatable bonds is 7. The highest BCUT2D eigenvalue weighted by molar-refractivity contribution is 5.92. The Bertz CT molecular complexity index is 709. The molecule has 1 aromatic carbocycles. The highest BCUT2D eigenvalue weighted by Gasteiger charge is 2.09. The summed E-state index contributed by atoms with van der Waals surface area (Å²) < 4.78 is 26.1. The number of carbonyl (C=O) groups excluding carboxylic acids is 1. The number of anilines is 2. The molecule has 0 bridgehead atoms. The van der Waals surface area contributed by atoms with E-state index in [-0.39, 0.29) is 11.6 Å². The lowest BCUT2D eigenvalue weighted by Gasteiger charge is -2.10. The molecule has 128 valence electrons. The number of hydrogen-bond acceptors (Lipinski definition) is 5. The number of amides is 1. The van der Waals surface area contributed by atoms with E-state index in [4.69, 9.17) is 0 Å². The molecule has 0 unspecified atom stereocenters. The van der Waals surface area contributed by atoms with Crippen molar-refractivity contribution in [3.05, 3.63) is 47.9 Å². The third-order valence-electron chi connectivity index (χ3n) is 3.16. The Morgan fingerprint density at radius 2 is 1.96 bits per heavy atom. The van der Waals surface area contributed by atoms with E-state index in [2.05, 4.69) is 20.6 Å². The second-order valence-electron chi connectivity index (χ2n) is 5.46. The fraction of sp³-hybridized carbons (Fsp3) is 0.312. The first kappa shape index (κ1) is 17.7. The van der Waals surface area contributed by atoms with E-state index in [0.29, 0.717) is 18.1 Å². The van der Waals surface area contributed by atoms with Gasteiger partial charge >= 0.3 is 0 Å². The molecule has 0 saturated carbocycles.